The van der Waals surface area contributed by atoms with Gasteiger partial charge in [-0.3, -0.25) is 28.8 Å². The summed E-state index contributed by atoms with van der Waals surface area (Å²) in [6, 6.07) is 2.26. The normalized spacial score (nSPS) is 13.2. The van der Waals surface area contributed by atoms with E-state index >= 15 is 0 Å². The molecule has 17 nitrogen and oxygen atoms in total. The number of carboxylic acids is 2. The van der Waals surface area contributed by atoms with E-state index in [1.807, 2.05) is 0 Å². The van der Waals surface area contributed by atoms with Gasteiger partial charge in [-0.25, -0.2) is 9.59 Å². The summed E-state index contributed by atoms with van der Waals surface area (Å²) in [5.41, 5.74) is 0.641. The fourth-order valence-corrected chi connectivity index (χ4v) is 3.70. The van der Waals surface area contributed by atoms with Crippen molar-refractivity contribution in [3.63, 3.8) is 0 Å². The van der Waals surface area contributed by atoms with E-state index in [9.17, 15) is 43.5 Å². The van der Waals surface area contributed by atoms with Gasteiger partial charge < -0.3 is 45.7 Å². The number of hydrogen-bond acceptors (Lipinski definition) is 11. The van der Waals surface area contributed by atoms with Gasteiger partial charge in [0, 0.05) is 6.42 Å². The number of ether oxygens (including phenoxy) is 3. The molecule has 0 aliphatic heterocycles. The van der Waals surface area contributed by atoms with Gasteiger partial charge in [-0.05, 0) is 17.9 Å². The van der Waals surface area contributed by atoms with Crippen LogP contribution in [-0.4, -0.2) is 96.3 Å². The molecule has 0 aliphatic carbocycles. The molecule has 17 heteroatoms. The first-order chi connectivity index (χ1) is 21.2. The van der Waals surface area contributed by atoms with Crippen LogP contribution in [0.1, 0.15) is 45.1 Å². The van der Waals surface area contributed by atoms with Gasteiger partial charge in [0.25, 0.3) is 0 Å². The zero-order chi connectivity index (χ0) is 34.1. The van der Waals surface area contributed by atoms with Crippen LogP contribution in [0.15, 0.2) is 30.3 Å². The molecular formula is C28H38N4O13. The van der Waals surface area contributed by atoms with Crippen molar-refractivity contribution >= 4 is 47.7 Å². The summed E-state index contributed by atoms with van der Waals surface area (Å²) in [6.45, 7) is 2.87. The lowest BCUT2D eigenvalue weighted by molar-refractivity contribution is -0.147. The molecule has 1 aromatic carbocycles. The monoisotopic (exact) mass is 638 g/mol. The van der Waals surface area contributed by atoms with Gasteiger partial charge in [-0.2, -0.15) is 0 Å². The van der Waals surface area contributed by atoms with Gasteiger partial charge in [0.15, 0.2) is 0 Å². The molecule has 0 saturated carbocycles. The van der Waals surface area contributed by atoms with Gasteiger partial charge in [-0.15, -0.1) is 0 Å². The van der Waals surface area contributed by atoms with Crippen LogP contribution >= 0.6 is 0 Å². The van der Waals surface area contributed by atoms with E-state index in [-0.39, 0.29) is 19.4 Å². The molecule has 6 N–H and O–H groups in total. The highest BCUT2D eigenvalue weighted by atomic mass is 16.5. The third-order valence-corrected chi connectivity index (χ3v) is 6.16. The summed E-state index contributed by atoms with van der Waals surface area (Å²) in [5, 5.41) is 27.2. The molecule has 1 aromatic rings. The Labute approximate surface area is 258 Å². The third-order valence-electron chi connectivity index (χ3n) is 6.16. The molecule has 45 heavy (non-hydrogen) atoms. The molecule has 0 unspecified atom stereocenters. The largest absolute Gasteiger partial charge is 0.481 e. The second-order valence-electron chi connectivity index (χ2n) is 9.94. The van der Waals surface area contributed by atoms with Gasteiger partial charge in [0.2, 0.25) is 17.7 Å². The van der Waals surface area contributed by atoms with Crippen molar-refractivity contribution in [2.75, 3.05) is 14.2 Å². The average Bonchev–Trinajstić information content (AvgIpc) is 2.99. The van der Waals surface area contributed by atoms with Crippen LogP contribution in [0.3, 0.4) is 0 Å². The van der Waals surface area contributed by atoms with Crippen LogP contribution in [0.4, 0.5) is 4.79 Å². The molecule has 0 spiro atoms. The Hall–Kier alpha value is -5.22. The van der Waals surface area contributed by atoms with Crippen molar-refractivity contribution in [3.05, 3.63) is 35.9 Å². The number of esters is 2. The van der Waals surface area contributed by atoms with E-state index in [1.165, 1.54) is 13.8 Å². The lowest BCUT2D eigenvalue weighted by Crippen LogP contribution is -2.59. The highest BCUT2D eigenvalue weighted by Crippen LogP contribution is 2.08. The van der Waals surface area contributed by atoms with Crippen molar-refractivity contribution in [2.24, 2.45) is 5.92 Å². The number of carbonyl (C=O) groups is 8. The topological polar surface area (TPSA) is 253 Å². The Morgan fingerprint density at radius 1 is 0.711 bits per heavy atom. The van der Waals surface area contributed by atoms with Gasteiger partial charge in [0.1, 0.15) is 30.8 Å². The molecular weight excluding hydrogens is 600 g/mol. The summed E-state index contributed by atoms with van der Waals surface area (Å²) in [4.78, 5) is 98.1. The molecule has 0 aromatic heterocycles. The van der Waals surface area contributed by atoms with E-state index in [0.29, 0.717) is 5.56 Å². The fraction of sp³-hybridized carbons (Fsp3) is 0.500. The minimum absolute atomic E-state index is 0.156. The molecule has 248 valence electrons. The van der Waals surface area contributed by atoms with Crippen LogP contribution in [-0.2, 0) is 54.4 Å². The number of methoxy groups -OCH3 is 2. The highest BCUT2D eigenvalue weighted by molar-refractivity contribution is 5.96. The second kappa shape index (κ2) is 19.1. The fourth-order valence-electron chi connectivity index (χ4n) is 3.70. The molecule has 0 aliphatic rings. The van der Waals surface area contributed by atoms with Crippen molar-refractivity contribution in [3.8, 4) is 0 Å². The quantitative estimate of drug-likeness (QED) is 0.0874. The number of nitrogens with one attached hydrogen (secondary N) is 4. The summed E-state index contributed by atoms with van der Waals surface area (Å²) >= 11 is 0. The van der Waals surface area contributed by atoms with Crippen molar-refractivity contribution in [2.45, 2.75) is 70.3 Å². The Morgan fingerprint density at radius 3 is 1.82 bits per heavy atom. The number of rotatable bonds is 18. The summed E-state index contributed by atoms with van der Waals surface area (Å²) < 4.78 is 14.3. The zero-order valence-corrected chi connectivity index (χ0v) is 25.2. The van der Waals surface area contributed by atoms with Crippen LogP contribution < -0.4 is 21.3 Å². The SMILES string of the molecule is COC(=O)CC[C@H](NC(=O)[C@H](CC(=O)OC)NC(=O)OCc1ccccc1)C(=O)N[C@H](C(=O)N[C@@H](CC(=O)O)C(=O)O)C(C)C. The molecule has 0 heterocycles. The number of carbonyl (C=O) groups excluding carboxylic acids is 6. The maximum absolute atomic E-state index is 13.3. The second-order valence-corrected chi connectivity index (χ2v) is 9.94. The number of amides is 4. The minimum atomic E-state index is -1.80. The highest BCUT2D eigenvalue weighted by Gasteiger charge is 2.34. The Morgan fingerprint density at radius 2 is 1.29 bits per heavy atom. The van der Waals surface area contributed by atoms with Crippen LogP contribution in [0.25, 0.3) is 0 Å². The Kier molecular flexibility index (Phi) is 16.1. The molecule has 4 atom stereocenters. The molecule has 0 saturated heterocycles. The smallest absolute Gasteiger partial charge is 0.408 e. The van der Waals surface area contributed by atoms with E-state index < -0.39 is 90.6 Å². The average molecular weight is 639 g/mol. The minimum Gasteiger partial charge on any atom is -0.481 e. The van der Waals surface area contributed by atoms with Crippen molar-refractivity contribution in [1.82, 2.24) is 21.3 Å². The van der Waals surface area contributed by atoms with E-state index in [0.717, 1.165) is 14.2 Å². The number of carboxylic acid groups (broad SMARTS) is 2. The Bertz CT molecular complexity index is 1220. The summed E-state index contributed by atoms with van der Waals surface area (Å²) in [6.07, 6.45) is -3.38. The summed E-state index contributed by atoms with van der Waals surface area (Å²) in [7, 11) is 2.16. The number of alkyl carbamates (subject to hydrolysis) is 1. The Balaban J connectivity index is 3.14. The first kappa shape index (κ1) is 37.8. The van der Waals surface area contributed by atoms with Crippen LogP contribution in [0.5, 0.6) is 0 Å². The lowest BCUT2D eigenvalue weighted by atomic mass is 10.0. The van der Waals surface area contributed by atoms with Crippen LogP contribution in [0, 0.1) is 5.92 Å². The van der Waals surface area contributed by atoms with E-state index in [4.69, 9.17) is 9.84 Å². The first-order valence-corrected chi connectivity index (χ1v) is 13.6. The zero-order valence-electron chi connectivity index (χ0n) is 25.2. The van der Waals surface area contributed by atoms with Crippen LogP contribution in [0.2, 0.25) is 0 Å². The van der Waals surface area contributed by atoms with Gasteiger partial charge >= 0.3 is 30.0 Å². The molecule has 0 bridgehead atoms. The van der Waals surface area contributed by atoms with Gasteiger partial charge in [0.05, 0.1) is 27.1 Å². The predicted octanol–water partition coefficient (Wildman–Crippen LogP) is -0.533. The maximum Gasteiger partial charge on any atom is 0.408 e. The molecule has 0 radical (unpaired) electrons. The number of aliphatic carboxylic acids is 2. The molecule has 0 fully saturated rings. The van der Waals surface area contributed by atoms with E-state index in [2.05, 4.69) is 30.7 Å². The number of benzene rings is 1. The molecule has 4 amide bonds. The lowest BCUT2D eigenvalue weighted by Gasteiger charge is -2.27. The first-order valence-electron chi connectivity index (χ1n) is 13.6. The molecule has 1 rings (SSSR count). The van der Waals surface area contributed by atoms with Gasteiger partial charge in [-0.1, -0.05) is 44.2 Å². The van der Waals surface area contributed by atoms with Crippen molar-refractivity contribution in [1.29, 1.82) is 0 Å². The summed E-state index contributed by atoms with van der Waals surface area (Å²) in [5.74, 6) is -8.44. The van der Waals surface area contributed by atoms with Crippen molar-refractivity contribution < 1.29 is 62.8 Å². The third kappa shape index (κ3) is 14.2. The maximum atomic E-state index is 13.3. The predicted molar refractivity (Wildman–Crippen MR) is 152 cm³/mol. The number of hydrogen-bond donors (Lipinski definition) is 6. The standard InChI is InChI=1S/C28H38N4O13/c1-15(2)23(26(39)30-19(27(40)41)12-20(33)34)32-24(37)17(10-11-21(35)43-3)29-25(38)18(13-22(36)44-4)31-28(42)45-14-16-8-6-5-7-9-16/h5-9,15,17-19,23H,10-14H2,1-4H3,(H,29,38)(H,30,39)(H,31,42)(H,32,37)(H,33,34)(H,40,41)/t17-,18-,19-,23-/m0/s1. The van der Waals surface area contributed by atoms with E-state index in [1.54, 1.807) is 30.3 Å².